The monoisotopic (exact) mass is 412 g/mol. The predicted molar refractivity (Wildman–Crippen MR) is 106 cm³/mol. The number of aliphatic hydroxyl groups excluding tert-OH is 1. The van der Waals surface area contributed by atoms with Crippen LogP contribution in [0.15, 0.2) is 46.3 Å². The van der Waals surface area contributed by atoms with Gasteiger partial charge >= 0.3 is 0 Å². The SMILES string of the molecule is C=CCc1c(Cl)cc(Cl)cc1OCCCCCOc1coc(CO)cc1=O. The molecule has 0 unspecified atom stereocenters. The van der Waals surface area contributed by atoms with Crippen LogP contribution in [0.3, 0.4) is 0 Å². The van der Waals surface area contributed by atoms with Crippen LogP contribution in [-0.2, 0) is 13.0 Å². The molecule has 146 valence electrons. The van der Waals surface area contributed by atoms with Gasteiger partial charge in [0.2, 0.25) is 11.2 Å². The third kappa shape index (κ3) is 6.61. The number of allylic oxidation sites excluding steroid dienone is 1. The van der Waals surface area contributed by atoms with E-state index in [1.54, 1.807) is 18.2 Å². The van der Waals surface area contributed by atoms with Crippen LogP contribution >= 0.6 is 23.2 Å². The molecule has 0 spiro atoms. The van der Waals surface area contributed by atoms with Gasteiger partial charge in [-0.1, -0.05) is 29.3 Å². The number of benzene rings is 1. The van der Waals surface area contributed by atoms with Gasteiger partial charge in [-0.05, 0) is 37.8 Å². The highest BCUT2D eigenvalue weighted by atomic mass is 35.5. The summed E-state index contributed by atoms with van der Waals surface area (Å²) < 4.78 is 16.3. The largest absolute Gasteiger partial charge is 0.493 e. The van der Waals surface area contributed by atoms with Crippen LogP contribution < -0.4 is 14.9 Å². The summed E-state index contributed by atoms with van der Waals surface area (Å²) in [6, 6.07) is 4.67. The predicted octanol–water partition coefficient (Wildman–Crippen LogP) is 4.80. The lowest BCUT2D eigenvalue weighted by molar-refractivity contribution is 0.235. The molecule has 0 saturated carbocycles. The minimum absolute atomic E-state index is 0.145. The molecule has 2 aromatic rings. The van der Waals surface area contributed by atoms with E-state index in [1.165, 1.54) is 12.3 Å². The van der Waals surface area contributed by atoms with Gasteiger partial charge in [-0.15, -0.1) is 6.58 Å². The summed E-state index contributed by atoms with van der Waals surface area (Å²) in [6.07, 6.45) is 6.05. The van der Waals surface area contributed by atoms with E-state index < -0.39 is 0 Å². The first kappa shape index (κ1) is 21.4. The molecule has 0 saturated heterocycles. The van der Waals surface area contributed by atoms with Gasteiger partial charge in [-0.25, -0.2) is 0 Å². The summed E-state index contributed by atoms with van der Waals surface area (Å²) in [5.74, 6) is 1.03. The molecule has 1 aromatic heterocycles. The van der Waals surface area contributed by atoms with Gasteiger partial charge in [-0.3, -0.25) is 4.79 Å². The topological polar surface area (TPSA) is 68.9 Å². The fourth-order valence-electron chi connectivity index (χ4n) is 2.42. The lowest BCUT2D eigenvalue weighted by Crippen LogP contribution is -2.09. The van der Waals surface area contributed by atoms with Gasteiger partial charge in [0, 0.05) is 21.7 Å². The first-order valence-electron chi connectivity index (χ1n) is 8.62. The molecule has 1 N–H and O–H groups in total. The van der Waals surface area contributed by atoms with Gasteiger partial charge in [0.1, 0.15) is 24.4 Å². The molecule has 0 fully saturated rings. The Bertz CT molecular complexity index is 817. The Labute approximate surface area is 168 Å². The van der Waals surface area contributed by atoms with Crippen molar-refractivity contribution in [3.05, 3.63) is 68.7 Å². The molecular formula is C20H22Cl2O5. The van der Waals surface area contributed by atoms with E-state index >= 15 is 0 Å². The van der Waals surface area contributed by atoms with E-state index in [2.05, 4.69) is 6.58 Å². The Morgan fingerprint density at radius 3 is 2.41 bits per heavy atom. The summed E-state index contributed by atoms with van der Waals surface area (Å²) in [4.78, 5) is 11.7. The molecule has 27 heavy (non-hydrogen) atoms. The Balaban J connectivity index is 1.72. The van der Waals surface area contributed by atoms with Crippen LogP contribution in [0.1, 0.15) is 30.6 Å². The van der Waals surface area contributed by atoms with Gasteiger partial charge in [0.15, 0.2) is 0 Å². The summed E-state index contributed by atoms with van der Waals surface area (Å²) in [7, 11) is 0. The summed E-state index contributed by atoms with van der Waals surface area (Å²) in [5.41, 5.74) is 0.568. The summed E-state index contributed by atoms with van der Waals surface area (Å²) in [6.45, 7) is 4.33. The van der Waals surface area contributed by atoms with Gasteiger partial charge in [0.05, 0.1) is 13.2 Å². The van der Waals surface area contributed by atoms with Crippen LogP contribution in [-0.4, -0.2) is 18.3 Å². The van der Waals surface area contributed by atoms with E-state index in [0.717, 1.165) is 24.8 Å². The Morgan fingerprint density at radius 2 is 1.78 bits per heavy atom. The van der Waals surface area contributed by atoms with Crippen molar-refractivity contribution >= 4 is 23.2 Å². The fourth-order valence-corrected chi connectivity index (χ4v) is 2.97. The molecule has 0 aliphatic rings. The van der Waals surface area contributed by atoms with Crippen molar-refractivity contribution in [3.8, 4) is 11.5 Å². The van der Waals surface area contributed by atoms with E-state index in [-0.39, 0.29) is 23.5 Å². The second-order valence-electron chi connectivity index (χ2n) is 5.85. The highest BCUT2D eigenvalue weighted by Crippen LogP contribution is 2.31. The third-order valence-corrected chi connectivity index (χ3v) is 4.34. The lowest BCUT2D eigenvalue weighted by Gasteiger charge is -2.13. The fraction of sp³-hybridized carbons (Fsp3) is 0.350. The molecule has 0 bridgehead atoms. The number of hydrogen-bond donors (Lipinski definition) is 1. The second kappa shape index (κ2) is 11.0. The quantitative estimate of drug-likeness (QED) is 0.424. The molecule has 0 atom stereocenters. The first-order chi connectivity index (χ1) is 13.0. The van der Waals surface area contributed by atoms with Crippen molar-refractivity contribution in [2.75, 3.05) is 13.2 Å². The molecule has 0 radical (unpaired) electrons. The van der Waals surface area contributed by atoms with E-state index in [1.807, 2.05) is 0 Å². The van der Waals surface area contributed by atoms with Crippen molar-refractivity contribution in [1.82, 2.24) is 0 Å². The van der Waals surface area contributed by atoms with E-state index in [4.69, 9.17) is 42.2 Å². The zero-order valence-electron chi connectivity index (χ0n) is 14.9. The van der Waals surface area contributed by atoms with Crippen molar-refractivity contribution in [2.45, 2.75) is 32.3 Å². The zero-order valence-corrected chi connectivity index (χ0v) is 16.4. The second-order valence-corrected chi connectivity index (χ2v) is 6.69. The zero-order chi connectivity index (χ0) is 19.6. The van der Waals surface area contributed by atoms with Crippen LogP contribution in [0.4, 0.5) is 0 Å². The Kier molecular flexibility index (Phi) is 8.72. The van der Waals surface area contributed by atoms with E-state index in [0.29, 0.717) is 35.4 Å². The highest BCUT2D eigenvalue weighted by molar-refractivity contribution is 6.35. The van der Waals surface area contributed by atoms with Crippen molar-refractivity contribution in [3.63, 3.8) is 0 Å². The smallest absolute Gasteiger partial charge is 0.227 e. The van der Waals surface area contributed by atoms with E-state index in [9.17, 15) is 4.79 Å². The molecule has 0 amide bonds. The first-order valence-corrected chi connectivity index (χ1v) is 9.37. The normalized spacial score (nSPS) is 10.6. The standard InChI is InChI=1S/C20H22Cl2O5/c1-2-6-16-17(22)9-14(21)10-19(16)25-7-4-3-5-8-26-20-13-27-15(12-23)11-18(20)24/h2,9-11,13,23H,1,3-8,12H2. The minimum Gasteiger partial charge on any atom is -0.493 e. The van der Waals surface area contributed by atoms with Gasteiger partial charge in [-0.2, -0.15) is 0 Å². The van der Waals surface area contributed by atoms with Crippen LogP contribution in [0.2, 0.25) is 10.0 Å². The minimum atomic E-state index is -0.318. The molecular weight excluding hydrogens is 391 g/mol. The molecule has 5 nitrogen and oxygen atoms in total. The van der Waals surface area contributed by atoms with Crippen LogP contribution in [0, 0.1) is 0 Å². The molecule has 0 aliphatic carbocycles. The maximum atomic E-state index is 11.7. The average Bonchev–Trinajstić information content (AvgIpc) is 2.64. The van der Waals surface area contributed by atoms with Crippen molar-refractivity contribution in [2.24, 2.45) is 0 Å². The molecule has 2 rings (SSSR count). The Morgan fingerprint density at radius 1 is 1.07 bits per heavy atom. The maximum absolute atomic E-state index is 11.7. The van der Waals surface area contributed by atoms with Crippen molar-refractivity contribution < 1.29 is 19.0 Å². The molecule has 1 heterocycles. The number of halogens is 2. The maximum Gasteiger partial charge on any atom is 0.227 e. The molecule has 7 heteroatoms. The molecule has 0 aliphatic heterocycles. The number of hydrogen-bond acceptors (Lipinski definition) is 5. The van der Waals surface area contributed by atoms with Gasteiger partial charge < -0.3 is 19.0 Å². The Hall–Kier alpha value is -1.95. The average molecular weight is 413 g/mol. The summed E-state index contributed by atoms with van der Waals surface area (Å²) >= 11 is 12.2. The third-order valence-electron chi connectivity index (χ3n) is 3.78. The molecule has 1 aromatic carbocycles. The number of rotatable bonds is 11. The van der Waals surface area contributed by atoms with Crippen molar-refractivity contribution in [1.29, 1.82) is 0 Å². The highest BCUT2D eigenvalue weighted by Gasteiger charge is 2.09. The number of unbranched alkanes of at least 4 members (excludes halogenated alkanes) is 2. The van der Waals surface area contributed by atoms with Crippen LogP contribution in [0.5, 0.6) is 11.5 Å². The summed E-state index contributed by atoms with van der Waals surface area (Å²) in [5, 5.41) is 10.0. The lowest BCUT2D eigenvalue weighted by atomic mass is 10.1. The van der Waals surface area contributed by atoms with Gasteiger partial charge in [0.25, 0.3) is 0 Å². The number of aliphatic hydroxyl groups is 1. The number of ether oxygens (including phenoxy) is 2. The van der Waals surface area contributed by atoms with Crippen LogP contribution in [0.25, 0.3) is 0 Å².